The van der Waals surface area contributed by atoms with E-state index in [2.05, 4.69) is 46.1 Å². The molecular weight excluding hydrogens is 306 g/mol. The van der Waals surface area contributed by atoms with Gasteiger partial charge in [-0.05, 0) is 54.5 Å². The third-order valence-electron chi connectivity index (χ3n) is 3.73. The van der Waals surface area contributed by atoms with Crippen LogP contribution in [0.15, 0.2) is 40.7 Å². The summed E-state index contributed by atoms with van der Waals surface area (Å²) in [6.45, 7) is 3.69. The highest BCUT2D eigenvalue weighted by Crippen LogP contribution is 2.27. The highest BCUT2D eigenvalue weighted by atomic mass is 32.1. The first-order chi connectivity index (χ1) is 11.3. The molecule has 0 spiro atoms. The predicted octanol–water partition coefficient (Wildman–Crippen LogP) is 3.64. The summed E-state index contributed by atoms with van der Waals surface area (Å²) in [6, 6.07) is 11.0. The standard InChI is InChI=1S/C18H23N3OS/c1-3-19-18(21-15-6-7-15)20-11-17-10-14(12-23-17)13-4-8-16(22-2)9-5-13/h4-5,8-10,12,15H,3,6-7,11H2,1-2H3,(H2,19,20,21). The van der Waals surface area contributed by atoms with E-state index in [1.165, 1.54) is 28.8 Å². The van der Waals surface area contributed by atoms with Crippen LogP contribution in [0.25, 0.3) is 11.1 Å². The van der Waals surface area contributed by atoms with Crippen LogP contribution in [0, 0.1) is 0 Å². The van der Waals surface area contributed by atoms with Gasteiger partial charge < -0.3 is 15.4 Å². The minimum atomic E-state index is 0.617. The average Bonchev–Trinajstić information content (AvgIpc) is 3.27. The van der Waals surface area contributed by atoms with E-state index in [1.807, 2.05) is 12.1 Å². The summed E-state index contributed by atoms with van der Waals surface area (Å²) in [5.74, 6) is 1.81. The molecule has 0 unspecified atom stereocenters. The molecule has 4 nitrogen and oxygen atoms in total. The fraction of sp³-hybridized carbons (Fsp3) is 0.389. The van der Waals surface area contributed by atoms with Gasteiger partial charge in [0.1, 0.15) is 5.75 Å². The molecule has 0 saturated heterocycles. The Morgan fingerprint density at radius 2 is 2.04 bits per heavy atom. The molecule has 0 bridgehead atoms. The molecule has 2 N–H and O–H groups in total. The fourth-order valence-corrected chi connectivity index (χ4v) is 3.11. The third kappa shape index (κ3) is 4.48. The Morgan fingerprint density at radius 1 is 1.26 bits per heavy atom. The lowest BCUT2D eigenvalue weighted by molar-refractivity contribution is 0.415. The Kier molecular flexibility index (Phi) is 5.18. The summed E-state index contributed by atoms with van der Waals surface area (Å²) in [7, 11) is 1.69. The molecule has 1 aliphatic rings. The van der Waals surface area contributed by atoms with Crippen LogP contribution in [0.1, 0.15) is 24.6 Å². The van der Waals surface area contributed by atoms with Crippen molar-refractivity contribution in [2.24, 2.45) is 4.99 Å². The number of guanidine groups is 1. The summed E-state index contributed by atoms with van der Waals surface area (Å²) in [5, 5.41) is 8.94. The van der Waals surface area contributed by atoms with Crippen LogP contribution in [-0.2, 0) is 6.54 Å². The van der Waals surface area contributed by atoms with Crippen LogP contribution in [0.2, 0.25) is 0 Å². The van der Waals surface area contributed by atoms with Gasteiger partial charge in [-0.1, -0.05) is 12.1 Å². The summed E-state index contributed by atoms with van der Waals surface area (Å²) in [5.41, 5.74) is 2.45. The quantitative estimate of drug-likeness (QED) is 0.628. The number of nitrogens with one attached hydrogen (secondary N) is 2. The number of ether oxygens (including phenoxy) is 1. The lowest BCUT2D eigenvalue weighted by Crippen LogP contribution is -2.38. The Labute approximate surface area is 141 Å². The van der Waals surface area contributed by atoms with Gasteiger partial charge in [0.05, 0.1) is 13.7 Å². The Hall–Kier alpha value is -2.01. The maximum atomic E-state index is 5.21. The highest BCUT2D eigenvalue weighted by Gasteiger charge is 2.22. The van der Waals surface area contributed by atoms with E-state index in [0.29, 0.717) is 12.6 Å². The van der Waals surface area contributed by atoms with Crippen LogP contribution in [0.4, 0.5) is 0 Å². The first-order valence-electron chi connectivity index (χ1n) is 8.05. The molecule has 1 saturated carbocycles. The molecule has 0 aliphatic heterocycles. The van der Waals surface area contributed by atoms with Crippen molar-refractivity contribution in [1.29, 1.82) is 0 Å². The van der Waals surface area contributed by atoms with Crippen molar-refractivity contribution in [2.45, 2.75) is 32.4 Å². The van der Waals surface area contributed by atoms with Gasteiger partial charge in [0, 0.05) is 17.5 Å². The molecule has 5 heteroatoms. The smallest absolute Gasteiger partial charge is 0.191 e. The van der Waals surface area contributed by atoms with Gasteiger partial charge in [0.2, 0.25) is 0 Å². The van der Waals surface area contributed by atoms with E-state index >= 15 is 0 Å². The fourth-order valence-electron chi connectivity index (χ4n) is 2.30. The Balaban J connectivity index is 1.65. The van der Waals surface area contributed by atoms with Gasteiger partial charge in [0.25, 0.3) is 0 Å². The van der Waals surface area contributed by atoms with Gasteiger partial charge in [-0.3, -0.25) is 0 Å². The van der Waals surface area contributed by atoms with Crippen LogP contribution in [-0.4, -0.2) is 25.7 Å². The molecule has 1 heterocycles. The van der Waals surface area contributed by atoms with Crippen molar-refractivity contribution < 1.29 is 4.74 Å². The monoisotopic (exact) mass is 329 g/mol. The molecule has 1 aliphatic carbocycles. The van der Waals surface area contributed by atoms with Crippen molar-refractivity contribution in [3.05, 3.63) is 40.6 Å². The summed E-state index contributed by atoms with van der Waals surface area (Å²) in [6.07, 6.45) is 2.51. The summed E-state index contributed by atoms with van der Waals surface area (Å²) < 4.78 is 5.21. The lowest BCUT2D eigenvalue weighted by Gasteiger charge is -2.09. The lowest BCUT2D eigenvalue weighted by atomic mass is 10.1. The third-order valence-corrected chi connectivity index (χ3v) is 4.65. The van der Waals surface area contributed by atoms with Gasteiger partial charge in [-0.25, -0.2) is 4.99 Å². The number of nitrogens with zero attached hydrogens (tertiary/aromatic N) is 1. The number of thiophene rings is 1. The molecule has 0 atom stereocenters. The van der Waals surface area contributed by atoms with Crippen molar-refractivity contribution >= 4 is 17.3 Å². The molecule has 3 rings (SSSR count). The minimum absolute atomic E-state index is 0.617. The van der Waals surface area contributed by atoms with Gasteiger partial charge >= 0.3 is 0 Å². The zero-order valence-corrected chi connectivity index (χ0v) is 14.5. The number of hydrogen-bond donors (Lipinski definition) is 2. The van der Waals surface area contributed by atoms with Gasteiger partial charge in [0.15, 0.2) is 5.96 Å². The molecule has 0 amide bonds. The van der Waals surface area contributed by atoms with Crippen LogP contribution in [0.3, 0.4) is 0 Å². The van der Waals surface area contributed by atoms with Gasteiger partial charge in [-0.15, -0.1) is 11.3 Å². The van der Waals surface area contributed by atoms with E-state index in [9.17, 15) is 0 Å². The average molecular weight is 329 g/mol. The van der Waals surface area contributed by atoms with Crippen LogP contribution < -0.4 is 15.4 Å². The first kappa shape index (κ1) is 15.9. The summed E-state index contributed by atoms with van der Waals surface area (Å²) >= 11 is 1.76. The Bertz CT molecular complexity index is 659. The van der Waals surface area contributed by atoms with Crippen molar-refractivity contribution in [3.8, 4) is 16.9 Å². The zero-order chi connectivity index (χ0) is 16.1. The number of methoxy groups -OCH3 is 1. The SMILES string of the molecule is CCNC(=NCc1cc(-c2ccc(OC)cc2)cs1)NC1CC1. The Morgan fingerprint density at radius 3 is 2.70 bits per heavy atom. The van der Waals surface area contributed by atoms with E-state index in [0.717, 1.165) is 18.3 Å². The van der Waals surface area contributed by atoms with E-state index in [-0.39, 0.29) is 0 Å². The number of aliphatic imine (C=N–C) groups is 1. The predicted molar refractivity (Wildman–Crippen MR) is 97.3 cm³/mol. The van der Waals surface area contributed by atoms with Gasteiger partial charge in [-0.2, -0.15) is 0 Å². The maximum absolute atomic E-state index is 5.21. The normalized spacial score (nSPS) is 14.6. The second kappa shape index (κ2) is 7.51. The number of rotatable bonds is 6. The molecule has 1 aromatic heterocycles. The summed E-state index contributed by atoms with van der Waals surface area (Å²) in [4.78, 5) is 5.95. The highest BCUT2D eigenvalue weighted by molar-refractivity contribution is 7.10. The molecule has 1 fully saturated rings. The maximum Gasteiger partial charge on any atom is 0.191 e. The second-order valence-electron chi connectivity index (χ2n) is 5.64. The van der Waals surface area contributed by atoms with E-state index in [4.69, 9.17) is 4.74 Å². The molecule has 0 radical (unpaired) electrons. The molecule has 23 heavy (non-hydrogen) atoms. The van der Waals surface area contributed by atoms with Crippen molar-refractivity contribution in [3.63, 3.8) is 0 Å². The molecular formula is C18H23N3OS. The van der Waals surface area contributed by atoms with Crippen molar-refractivity contribution in [2.75, 3.05) is 13.7 Å². The van der Waals surface area contributed by atoms with E-state index < -0.39 is 0 Å². The van der Waals surface area contributed by atoms with E-state index in [1.54, 1.807) is 18.4 Å². The van der Waals surface area contributed by atoms with Crippen LogP contribution in [0.5, 0.6) is 5.75 Å². The molecule has 1 aromatic carbocycles. The number of benzene rings is 1. The zero-order valence-electron chi connectivity index (χ0n) is 13.6. The second-order valence-corrected chi connectivity index (χ2v) is 6.64. The van der Waals surface area contributed by atoms with Crippen molar-refractivity contribution in [1.82, 2.24) is 10.6 Å². The minimum Gasteiger partial charge on any atom is -0.497 e. The largest absolute Gasteiger partial charge is 0.497 e. The topological polar surface area (TPSA) is 45.7 Å². The molecule has 122 valence electrons. The van der Waals surface area contributed by atoms with Crippen LogP contribution >= 0.6 is 11.3 Å². The molecule has 2 aromatic rings. The number of hydrogen-bond acceptors (Lipinski definition) is 3. The first-order valence-corrected chi connectivity index (χ1v) is 8.93.